The van der Waals surface area contributed by atoms with Crippen molar-refractivity contribution in [3.63, 3.8) is 0 Å². The van der Waals surface area contributed by atoms with Crippen LogP contribution in [0.2, 0.25) is 0 Å². The van der Waals surface area contributed by atoms with Gasteiger partial charge in [0.2, 0.25) is 5.89 Å². The van der Waals surface area contributed by atoms with Gasteiger partial charge in [0.05, 0.1) is 6.42 Å². The van der Waals surface area contributed by atoms with Crippen molar-refractivity contribution in [3.05, 3.63) is 41.8 Å². The SMILES string of the molecule is CCNCCc1nc(Cc2ccccn2)no1. The summed E-state index contributed by atoms with van der Waals surface area (Å²) in [5.74, 6) is 1.37. The lowest BCUT2D eigenvalue weighted by molar-refractivity contribution is 0.372. The van der Waals surface area contributed by atoms with E-state index in [0.29, 0.717) is 18.1 Å². The molecule has 2 rings (SSSR count). The minimum atomic E-state index is 0.617. The van der Waals surface area contributed by atoms with E-state index in [-0.39, 0.29) is 0 Å². The molecule has 2 heterocycles. The zero-order valence-electron chi connectivity index (χ0n) is 9.89. The van der Waals surface area contributed by atoms with Gasteiger partial charge in [-0.2, -0.15) is 4.98 Å². The van der Waals surface area contributed by atoms with Crippen LogP contribution in [0.15, 0.2) is 28.9 Å². The lowest BCUT2D eigenvalue weighted by Crippen LogP contribution is -2.16. The second kappa shape index (κ2) is 6.10. The second-order valence-electron chi connectivity index (χ2n) is 3.71. The van der Waals surface area contributed by atoms with Crippen molar-refractivity contribution >= 4 is 0 Å². The lowest BCUT2D eigenvalue weighted by atomic mass is 10.2. The highest BCUT2D eigenvalue weighted by molar-refractivity contribution is 5.09. The molecular weight excluding hydrogens is 216 g/mol. The van der Waals surface area contributed by atoms with Gasteiger partial charge in [-0.3, -0.25) is 4.98 Å². The van der Waals surface area contributed by atoms with Crippen LogP contribution in [-0.2, 0) is 12.8 Å². The van der Waals surface area contributed by atoms with E-state index in [0.717, 1.165) is 25.2 Å². The lowest BCUT2D eigenvalue weighted by Gasteiger charge is -1.95. The van der Waals surface area contributed by atoms with Gasteiger partial charge in [0.15, 0.2) is 5.82 Å². The molecule has 0 saturated carbocycles. The number of pyridine rings is 1. The number of aromatic nitrogens is 3. The van der Waals surface area contributed by atoms with Gasteiger partial charge >= 0.3 is 0 Å². The van der Waals surface area contributed by atoms with E-state index in [1.54, 1.807) is 6.20 Å². The number of rotatable bonds is 6. The van der Waals surface area contributed by atoms with Crippen LogP contribution in [0.25, 0.3) is 0 Å². The van der Waals surface area contributed by atoms with Crippen LogP contribution < -0.4 is 5.32 Å². The third-order valence-electron chi connectivity index (χ3n) is 2.34. The van der Waals surface area contributed by atoms with E-state index in [9.17, 15) is 0 Å². The Bertz CT molecular complexity index is 441. The Kier molecular flexibility index (Phi) is 4.21. The van der Waals surface area contributed by atoms with Gasteiger partial charge in [0.25, 0.3) is 0 Å². The summed E-state index contributed by atoms with van der Waals surface area (Å²) in [6, 6.07) is 5.80. The van der Waals surface area contributed by atoms with Crippen molar-refractivity contribution in [2.75, 3.05) is 13.1 Å². The van der Waals surface area contributed by atoms with Crippen LogP contribution in [0.5, 0.6) is 0 Å². The van der Waals surface area contributed by atoms with Crippen LogP contribution >= 0.6 is 0 Å². The van der Waals surface area contributed by atoms with Crippen LogP contribution in [0.3, 0.4) is 0 Å². The molecular formula is C12H16N4O. The highest BCUT2D eigenvalue weighted by Gasteiger charge is 2.06. The molecule has 0 atom stereocenters. The van der Waals surface area contributed by atoms with Crippen molar-refractivity contribution in [1.29, 1.82) is 0 Å². The van der Waals surface area contributed by atoms with Crippen molar-refractivity contribution in [2.45, 2.75) is 19.8 Å². The average molecular weight is 232 g/mol. The molecule has 0 fully saturated rings. The summed E-state index contributed by atoms with van der Waals surface area (Å²) < 4.78 is 5.15. The zero-order valence-corrected chi connectivity index (χ0v) is 9.89. The summed E-state index contributed by atoms with van der Waals surface area (Å²) in [4.78, 5) is 8.54. The molecule has 2 aromatic rings. The van der Waals surface area contributed by atoms with E-state index in [2.05, 4.69) is 27.4 Å². The molecule has 0 spiro atoms. The molecule has 1 N–H and O–H groups in total. The standard InChI is InChI=1S/C12H16N4O/c1-2-13-8-6-12-15-11(16-17-12)9-10-5-3-4-7-14-10/h3-5,7,13H,2,6,8-9H2,1H3. The molecule has 5 heteroatoms. The van der Waals surface area contributed by atoms with E-state index in [1.807, 2.05) is 18.2 Å². The van der Waals surface area contributed by atoms with Crippen molar-refractivity contribution in [3.8, 4) is 0 Å². The minimum Gasteiger partial charge on any atom is -0.339 e. The normalized spacial score (nSPS) is 10.6. The van der Waals surface area contributed by atoms with E-state index in [4.69, 9.17) is 4.52 Å². The number of hydrogen-bond acceptors (Lipinski definition) is 5. The van der Waals surface area contributed by atoms with Crippen molar-refractivity contribution in [1.82, 2.24) is 20.4 Å². The molecule has 0 saturated heterocycles. The number of likely N-dealkylation sites (N-methyl/N-ethyl adjacent to an activating group) is 1. The molecule has 0 unspecified atom stereocenters. The van der Waals surface area contributed by atoms with Gasteiger partial charge in [0.1, 0.15) is 0 Å². The van der Waals surface area contributed by atoms with E-state index >= 15 is 0 Å². The molecule has 5 nitrogen and oxygen atoms in total. The summed E-state index contributed by atoms with van der Waals surface area (Å²) in [5, 5.41) is 7.15. The predicted molar refractivity (Wildman–Crippen MR) is 63.6 cm³/mol. The van der Waals surface area contributed by atoms with Gasteiger partial charge < -0.3 is 9.84 Å². The van der Waals surface area contributed by atoms with Crippen LogP contribution in [-0.4, -0.2) is 28.2 Å². The highest BCUT2D eigenvalue weighted by Crippen LogP contribution is 2.04. The quantitative estimate of drug-likeness (QED) is 0.758. The van der Waals surface area contributed by atoms with Gasteiger partial charge in [-0.1, -0.05) is 18.1 Å². The van der Waals surface area contributed by atoms with Gasteiger partial charge in [-0.15, -0.1) is 0 Å². The molecule has 0 aliphatic carbocycles. The maximum Gasteiger partial charge on any atom is 0.227 e. The Hall–Kier alpha value is -1.75. The van der Waals surface area contributed by atoms with Crippen LogP contribution in [0.1, 0.15) is 24.3 Å². The fourth-order valence-electron chi connectivity index (χ4n) is 1.50. The summed E-state index contributed by atoms with van der Waals surface area (Å²) in [7, 11) is 0. The second-order valence-corrected chi connectivity index (χ2v) is 3.71. The minimum absolute atomic E-state index is 0.617. The largest absolute Gasteiger partial charge is 0.339 e. The Morgan fingerprint density at radius 2 is 2.29 bits per heavy atom. The predicted octanol–water partition coefficient (Wildman–Crippen LogP) is 1.21. The smallest absolute Gasteiger partial charge is 0.227 e. The first-order valence-corrected chi connectivity index (χ1v) is 5.80. The zero-order chi connectivity index (χ0) is 11.9. The highest BCUT2D eigenvalue weighted by atomic mass is 16.5. The Balaban J connectivity index is 1.90. The summed E-state index contributed by atoms with van der Waals surface area (Å²) in [5.41, 5.74) is 0.950. The number of nitrogens with one attached hydrogen (secondary N) is 1. The number of hydrogen-bond donors (Lipinski definition) is 1. The molecule has 0 amide bonds. The Labute approximate surface area is 100 Å². The van der Waals surface area contributed by atoms with Crippen LogP contribution in [0.4, 0.5) is 0 Å². The topological polar surface area (TPSA) is 63.8 Å². The molecule has 0 aliphatic heterocycles. The maximum atomic E-state index is 5.15. The van der Waals surface area contributed by atoms with E-state index in [1.165, 1.54) is 0 Å². The first-order chi connectivity index (χ1) is 8.38. The summed E-state index contributed by atoms with van der Waals surface area (Å²) in [6.07, 6.45) is 3.15. The molecule has 2 aromatic heterocycles. The Morgan fingerprint density at radius 1 is 1.35 bits per heavy atom. The van der Waals surface area contributed by atoms with Gasteiger partial charge in [-0.05, 0) is 18.7 Å². The molecule has 0 radical (unpaired) electrons. The molecule has 0 bridgehead atoms. The molecule has 17 heavy (non-hydrogen) atoms. The summed E-state index contributed by atoms with van der Waals surface area (Å²) >= 11 is 0. The number of nitrogens with zero attached hydrogens (tertiary/aromatic N) is 3. The van der Waals surface area contributed by atoms with Crippen molar-refractivity contribution < 1.29 is 4.52 Å². The first-order valence-electron chi connectivity index (χ1n) is 5.80. The fourth-order valence-corrected chi connectivity index (χ4v) is 1.50. The molecule has 0 aromatic carbocycles. The monoisotopic (exact) mass is 232 g/mol. The maximum absolute atomic E-state index is 5.15. The van der Waals surface area contributed by atoms with Crippen LogP contribution in [0, 0.1) is 0 Å². The van der Waals surface area contributed by atoms with E-state index < -0.39 is 0 Å². The van der Waals surface area contributed by atoms with Crippen molar-refractivity contribution in [2.24, 2.45) is 0 Å². The molecule has 0 aliphatic rings. The summed E-state index contributed by atoms with van der Waals surface area (Å²) in [6.45, 7) is 3.89. The van der Waals surface area contributed by atoms with Gasteiger partial charge in [0, 0.05) is 24.9 Å². The Morgan fingerprint density at radius 3 is 3.06 bits per heavy atom. The molecule has 90 valence electrons. The van der Waals surface area contributed by atoms with Gasteiger partial charge in [-0.25, -0.2) is 0 Å². The fraction of sp³-hybridized carbons (Fsp3) is 0.417. The third kappa shape index (κ3) is 3.64. The third-order valence-corrected chi connectivity index (χ3v) is 2.34. The average Bonchev–Trinajstić information content (AvgIpc) is 2.79. The first kappa shape index (κ1) is 11.7.